The van der Waals surface area contributed by atoms with Gasteiger partial charge in [-0.25, -0.2) is 8.78 Å². The predicted molar refractivity (Wildman–Crippen MR) is 98.2 cm³/mol. The molecule has 0 bridgehead atoms. The molecule has 8 heteroatoms. The van der Waals surface area contributed by atoms with Crippen LogP contribution in [-0.4, -0.2) is 52.3 Å². The molecule has 2 rings (SSSR count). The number of nitrogens with zero attached hydrogens (tertiary/aromatic N) is 2. The monoisotopic (exact) mass is 396 g/mol. The number of aliphatic carboxylic acids is 1. The van der Waals surface area contributed by atoms with E-state index in [4.69, 9.17) is 5.11 Å². The Bertz CT molecular complexity index is 726. The number of amides is 2. The van der Waals surface area contributed by atoms with Gasteiger partial charge in [0.2, 0.25) is 11.8 Å². The average Bonchev–Trinajstić information content (AvgIpc) is 2.67. The van der Waals surface area contributed by atoms with E-state index in [1.54, 1.807) is 4.90 Å². The molecule has 1 aromatic rings. The molecule has 1 heterocycles. The van der Waals surface area contributed by atoms with Crippen LogP contribution in [0.5, 0.6) is 0 Å². The maximum Gasteiger partial charge on any atom is 0.305 e. The zero-order chi connectivity index (χ0) is 20.7. The Hall–Kier alpha value is -2.51. The van der Waals surface area contributed by atoms with Gasteiger partial charge in [0.15, 0.2) is 11.6 Å². The van der Waals surface area contributed by atoms with E-state index in [2.05, 4.69) is 0 Å². The lowest BCUT2D eigenvalue weighted by atomic mass is 9.95. The first-order valence-electron chi connectivity index (χ1n) is 9.54. The van der Waals surface area contributed by atoms with Gasteiger partial charge in [0.1, 0.15) is 0 Å². The van der Waals surface area contributed by atoms with Crippen LogP contribution in [0.3, 0.4) is 0 Å². The topological polar surface area (TPSA) is 77.9 Å². The first kappa shape index (κ1) is 21.8. The Morgan fingerprint density at radius 3 is 2.61 bits per heavy atom. The van der Waals surface area contributed by atoms with Crippen molar-refractivity contribution in [3.63, 3.8) is 0 Å². The lowest BCUT2D eigenvalue weighted by Gasteiger charge is -2.35. The molecule has 1 aliphatic rings. The molecule has 1 atom stereocenters. The Kier molecular flexibility index (Phi) is 7.90. The van der Waals surface area contributed by atoms with E-state index in [9.17, 15) is 23.2 Å². The highest BCUT2D eigenvalue weighted by molar-refractivity contribution is 5.82. The number of piperidine rings is 1. The molecule has 28 heavy (non-hydrogen) atoms. The van der Waals surface area contributed by atoms with E-state index in [1.165, 1.54) is 11.0 Å². The van der Waals surface area contributed by atoms with Gasteiger partial charge in [-0.1, -0.05) is 13.0 Å². The summed E-state index contributed by atoms with van der Waals surface area (Å²) in [6.07, 6.45) is 2.22. The van der Waals surface area contributed by atoms with Gasteiger partial charge in [0.25, 0.3) is 0 Å². The summed E-state index contributed by atoms with van der Waals surface area (Å²) in [7, 11) is 0. The van der Waals surface area contributed by atoms with Gasteiger partial charge >= 0.3 is 5.97 Å². The van der Waals surface area contributed by atoms with Crippen molar-refractivity contribution in [2.24, 2.45) is 5.92 Å². The number of carbonyl (C=O) groups is 3. The number of carboxylic acids is 1. The molecule has 0 aliphatic carbocycles. The van der Waals surface area contributed by atoms with Crippen LogP contribution < -0.4 is 0 Å². The van der Waals surface area contributed by atoms with E-state index in [0.29, 0.717) is 37.9 Å². The van der Waals surface area contributed by atoms with Gasteiger partial charge in [-0.05, 0) is 37.0 Å². The fourth-order valence-electron chi connectivity index (χ4n) is 3.39. The highest BCUT2D eigenvalue weighted by atomic mass is 19.2. The molecule has 0 aromatic heterocycles. The SMILES string of the molecule is CCCC(=O)N1CCCC(C(=O)N(CCC(=O)O)Cc2ccc(F)c(F)c2)C1. The second-order valence-electron chi connectivity index (χ2n) is 7.08. The number of likely N-dealkylation sites (tertiary alicyclic amines) is 1. The first-order chi connectivity index (χ1) is 13.3. The largest absolute Gasteiger partial charge is 0.481 e. The molecule has 1 N–H and O–H groups in total. The fraction of sp³-hybridized carbons (Fsp3) is 0.550. The lowest BCUT2D eigenvalue weighted by Crippen LogP contribution is -2.47. The lowest BCUT2D eigenvalue weighted by molar-refractivity contribution is -0.142. The standard InChI is InChI=1S/C20H26F2N2O4/c1-2-4-18(25)23-9-3-5-15(13-23)20(28)24(10-8-19(26)27)12-14-6-7-16(21)17(22)11-14/h6-7,11,15H,2-5,8-10,12-13H2,1H3,(H,26,27). The van der Waals surface area contributed by atoms with Crippen molar-refractivity contribution >= 4 is 17.8 Å². The summed E-state index contributed by atoms with van der Waals surface area (Å²) in [5.41, 5.74) is 0.382. The molecular formula is C20H26F2N2O4. The number of hydrogen-bond donors (Lipinski definition) is 1. The van der Waals surface area contributed by atoms with Crippen LogP contribution >= 0.6 is 0 Å². The predicted octanol–water partition coefficient (Wildman–Crippen LogP) is 2.81. The molecule has 0 radical (unpaired) electrons. The third-order valence-electron chi connectivity index (χ3n) is 4.85. The van der Waals surface area contributed by atoms with Crippen molar-refractivity contribution in [1.82, 2.24) is 9.80 Å². The number of hydrogen-bond acceptors (Lipinski definition) is 3. The normalized spacial score (nSPS) is 16.7. The summed E-state index contributed by atoms with van der Waals surface area (Å²) in [6, 6.07) is 3.36. The van der Waals surface area contributed by atoms with Crippen LogP contribution in [0, 0.1) is 17.6 Å². The Morgan fingerprint density at radius 2 is 1.96 bits per heavy atom. The minimum Gasteiger partial charge on any atom is -0.481 e. The average molecular weight is 396 g/mol. The smallest absolute Gasteiger partial charge is 0.305 e. The zero-order valence-electron chi connectivity index (χ0n) is 16.0. The molecule has 1 fully saturated rings. The number of halogens is 2. The van der Waals surface area contributed by atoms with E-state index >= 15 is 0 Å². The molecule has 6 nitrogen and oxygen atoms in total. The summed E-state index contributed by atoms with van der Waals surface area (Å²) < 4.78 is 26.6. The minimum atomic E-state index is -1.05. The number of carboxylic acid groups (broad SMARTS) is 1. The van der Waals surface area contributed by atoms with Gasteiger partial charge < -0.3 is 14.9 Å². The zero-order valence-corrected chi connectivity index (χ0v) is 16.0. The molecule has 1 unspecified atom stereocenters. The van der Waals surface area contributed by atoms with Crippen molar-refractivity contribution < 1.29 is 28.3 Å². The Labute approximate surface area is 163 Å². The second kappa shape index (κ2) is 10.1. The number of rotatable bonds is 8. The van der Waals surface area contributed by atoms with E-state index < -0.39 is 23.5 Å². The van der Waals surface area contributed by atoms with Crippen LogP contribution in [0.15, 0.2) is 18.2 Å². The second-order valence-corrected chi connectivity index (χ2v) is 7.08. The molecule has 154 valence electrons. The molecule has 1 aliphatic heterocycles. The van der Waals surface area contributed by atoms with Crippen LogP contribution in [0.1, 0.15) is 44.6 Å². The van der Waals surface area contributed by atoms with Crippen molar-refractivity contribution in [3.8, 4) is 0 Å². The Morgan fingerprint density at radius 1 is 1.21 bits per heavy atom. The van der Waals surface area contributed by atoms with Crippen LogP contribution in [0.2, 0.25) is 0 Å². The van der Waals surface area contributed by atoms with E-state index in [-0.39, 0.29) is 31.3 Å². The molecular weight excluding hydrogens is 370 g/mol. The maximum absolute atomic E-state index is 13.5. The molecule has 0 saturated carbocycles. The summed E-state index contributed by atoms with van der Waals surface area (Å²) in [5, 5.41) is 8.97. The van der Waals surface area contributed by atoms with Gasteiger partial charge in [0.05, 0.1) is 12.3 Å². The molecule has 1 saturated heterocycles. The van der Waals surface area contributed by atoms with E-state index in [1.807, 2.05) is 6.92 Å². The van der Waals surface area contributed by atoms with E-state index in [0.717, 1.165) is 18.6 Å². The third kappa shape index (κ3) is 6.00. The van der Waals surface area contributed by atoms with Crippen LogP contribution in [-0.2, 0) is 20.9 Å². The fourth-order valence-corrected chi connectivity index (χ4v) is 3.39. The quantitative estimate of drug-likeness (QED) is 0.733. The van der Waals surface area contributed by atoms with Gasteiger partial charge in [0, 0.05) is 32.6 Å². The summed E-state index contributed by atoms with van der Waals surface area (Å²) in [4.78, 5) is 39.2. The van der Waals surface area contributed by atoms with Crippen molar-refractivity contribution in [1.29, 1.82) is 0 Å². The van der Waals surface area contributed by atoms with Gasteiger partial charge in [-0.2, -0.15) is 0 Å². The molecule has 1 aromatic carbocycles. The third-order valence-corrected chi connectivity index (χ3v) is 4.85. The maximum atomic E-state index is 13.5. The number of carbonyl (C=O) groups excluding carboxylic acids is 2. The number of benzene rings is 1. The summed E-state index contributed by atoms with van der Waals surface area (Å²) >= 11 is 0. The highest BCUT2D eigenvalue weighted by Crippen LogP contribution is 2.22. The van der Waals surface area contributed by atoms with Crippen molar-refractivity contribution in [2.75, 3.05) is 19.6 Å². The summed E-state index contributed by atoms with van der Waals surface area (Å²) in [6.45, 7) is 2.79. The minimum absolute atomic E-state index is 0.0112. The Balaban J connectivity index is 2.12. The highest BCUT2D eigenvalue weighted by Gasteiger charge is 2.31. The van der Waals surface area contributed by atoms with Crippen molar-refractivity contribution in [3.05, 3.63) is 35.4 Å². The summed E-state index contributed by atoms with van der Waals surface area (Å²) in [5.74, 6) is -3.72. The molecule has 0 spiro atoms. The molecule has 2 amide bonds. The van der Waals surface area contributed by atoms with Crippen LogP contribution in [0.4, 0.5) is 8.78 Å². The van der Waals surface area contributed by atoms with Crippen LogP contribution in [0.25, 0.3) is 0 Å². The van der Waals surface area contributed by atoms with Crippen molar-refractivity contribution in [2.45, 2.75) is 45.6 Å². The van der Waals surface area contributed by atoms with Gasteiger partial charge in [-0.15, -0.1) is 0 Å². The van der Waals surface area contributed by atoms with Gasteiger partial charge in [-0.3, -0.25) is 14.4 Å². The first-order valence-corrected chi connectivity index (χ1v) is 9.54.